The number of carboxylic acid groups (broad SMARTS) is 1. The smallest absolute Gasteiger partial charge is 0.322 e. The van der Waals surface area contributed by atoms with E-state index in [-0.39, 0.29) is 24.5 Å². The predicted molar refractivity (Wildman–Crippen MR) is 69.3 cm³/mol. The minimum atomic E-state index is -3.81. The number of aryl methyl sites for hydroxylation is 1. The lowest BCUT2D eigenvalue weighted by Gasteiger charge is -2.31. The number of aliphatic carboxylic acids is 1. The third-order valence-electron chi connectivity index (χ3n) is 3.19. The maximum Gasteiger partial charge on any atom is 0.322 e. The summed E-state index contributed by atoms with van der Waals surface area (Å²) in [5, 5.41) is 11.7. The van der Waals surface area contributed by atoms with Crippen LogP contribution >= 0.6 is 0 Å². The molecule has 1 saturated heterocycles. The number of hydrogen-bond donors (Lipinski definition) is 2. The number of piperazine rings is 1. The molecule has 1 aliphatic rings. The van der Waals surface area contributed by atoms with Crippen molar-refractivity contribution in [2.45, 2.75) is 17.9 Å². The predicted octanol–water partition coefficient (Wildman–Crippen LogP) is 0.181. The van der Waals surface area contributed by atoms with Gasteiger partial charge in [-0.05, 0) is 30.7 Å². The molecule has 0 amide bonds. The Kier molecular flexibility index (Phi) is 4.07. The van der Waals surface area contributed by atoms with Crippen LogP contribution in [0.25, 0.3) is 0 Å². The van der Waals surface area contributed by atoms with E-state index in [2.05, 4.69) is 5.32 Å². The van der Waals surface area contributed by atoms with Gasteiger partial charge in [-0.3, -0.25) is 4.79 Å². The second kappa shape index (κ2) is 5.47. The van der Waals surface area contributed by atoms with Crippen LogP contribution in [0.3, 0.4) is 0 Å². The Balaban J connectivity index is 2.32. The molecule has 0 aromatic heterocycles. The average Bonchev–Trinajstić information content (AvgIpc) is 2.38. The summed E-state index contributed by atoms with van der Waals surface area (Å²) in [6.07, 6.45) is 0. The topological polar surface area (TPSA) is 86.7 Å². The standard InChI is InChI=1S/C12H15FN2O4S/c1-8-6-9(13)2-3-11(8)20(18,19)15-5-4-14-10(7-15)12(16)17/h2-3,6,10,14H,4-5,7H2,1H3,(H,16,17)/t10-/m0/s1. The largest absolute Gasteiger partial charge is 0.480 e. The molecule has 1 aliphatic heterocycles. The first-order valence-electron chi connectivity index (χ1n) is 6.05. The highest BCUT2D eigenvalue weighted by Crippen LogP contribution is 2.21. The number of benzene rings is 1. The Morgan fingerprint density at radius 3 is 2.80 bits per heavy atom. The van der Waals surface area contributed by atoms with Crippen molar-refractivity contribution in [1.29, 1.82) is 0 Å². The van der Waals surface area contributed by atoms with Crippen molar-refractivity contribution in [1.82, 2.24) is 9.62 Å². The lowest BCUT2D eigenvalue weighted by Crippen LogP contribution is -2.55. The van der Waals surface area contributed by atoms with Gasteiger partial charge in [0, 0.05) is 19.6 Å². The van der Waals surface area contributed by atoms with Crippen molar-refractivity contribution < 1.29 is 22.7 Å². The van der Waals surface area contributed by atoms with Crippen molar-refractivity contribution in [2.24, 2.45) is 0 Å². The van der Waals surface area contributed by atoms with E-state index in [4.69, 9.17) is 5.11 Å². The van der Waals surface area contributed by atoms with Crippen LogP contribution in [0.5, 0.6) is 0 Å². The van der Waals surface area contributed by atoms with Crippen LogP contribution in [0.4, 0.5) is 4.39 Å². The number of carbonyl (C=O) groups is 1. The highest BCUT2D eigenvalue weighted by atomic mass is 32.2. The Hall–Kier alpha value is -1.51. The Bertz CT molecular complexity index is 632. The van der Waals surface area contributed by atoms with Crippen LogP contribution in [-0.4, -0.2) is 49.5 Å². The molecule has 1 fully saturated rings. The molecule has 110 valence electrons. The van der Waals surface area contributed by atoms with E-state index in [9.17, 15) is 17.6 Å². The molecule has 6 nitrogen and oxygen atoms in total. The summed E-state index contributed by atoms with van der Waals surface area (Å²) in [5.74, 6) is -1.61. The first kappa shape index (κ1) is 14.9. The van der Waals surface area contributed by atoms with Gasteiger partial charge in [0.25, 0.3) is 0 Å². The lowest BCUT2D eigenvalue weighted by molar-refractivity contribution is -0.140. The van der Waals surface area contributed by atoms with E-state index >= 15 is 0 Å². The van der Waals surface area contributed by atoms with Gasteiger partial charge in [0.1, 0.15) is 11.9 Å². The van der Waals surface area contributed by atoms with Crippen LogP contribution < -0.4 is 5.32 Å². The number of rotatable bonds is 3. The molecule has 20 heavy (non-hydrogen) atoms. The first-order valence-corrected chi connectivity index (χ1v) is 7.49. The molecular formula is C12H15FN2O4S. The molecule has 8 heteroatoms. The third kappa shape index (κ3) is 2.82. The molecular weight excluding hydrogens is 287 g/mol. The summed E-state index contributed by atoms with van der Waals surface area (Å²) in [6.45, 7) is 1.81. The quantitative estimate of drug-likeness (QED) is 0.832. The van der Waals surface area contributed by atoms with Crippen LogP contribution in [0, 0.1) is 12.7 Å². The summed E-state index contributed by atoms with van der Waals surface area (Å²) in [4.78, 5) is 10.9. The number of nitrogens with one attached hydrogen (secondary N) is 1. The molecule has 1 aromatic rings. The van der Waals surface area contributed by atoms with Gasteiger partial charge in [-0.2, -0.15) is 4.31 Å². The van der Waals surface area contributed by atoms with Gasteiger partial charge in [0.2, 0.25) is 10.0 Å². The average molecular weight is 302 g/mol. The third-order valence-corrected chi connectivity index (χ3v) is 5.22. The second-order valence-electron chi connectivity index (χ2n) is 4.62. The fourth-order valence-electron chi connectivity index (χ4n) is 2.15. The highest BCUT2D eigenvalue weighted by molar-refractivity contribution is 7.89. The zero-order chi connectivity index (χ0) is 14.9. The van der Waals surface area contributed by atoms with Crippen LogP contribution in [0.15, 0.2) is 23.1 Å². The van der Waals surface area contributed by atoms with Crippen molar-refractivity contribution in [2.75, 3.05) is 19.6 Å². The minimum absolute atomic E-state index is 0.00457. The molecule has 0 saturated carbocycles. The highest BCUT2D eigenvalue weighted by Gasteiger charge is 2.33. The Morgan fingerprint density at radius 1 is 1.50 bits per heavy atom. The van der Waals surface area contributed by atoms with E-state index in [0.29, 0.717) is 5.56 Å². The van der Waals surface area contributed by atoms with Gasteiger partial charge in [0.15, 0.2) is 0 Å². The second-order valence-corrected chi connectivity index (χ2v) is 6.52. The molecule has 1 aromatic carbocycles. The molecule has 0 bridgehead atoms. The van der Waals surface area contributed by atoms with Gasteiger partial charge < -0.3 is 10.4 Å². The molecule has 0 spiro atoms. The van der Waals surface area contributed by atoms with E-state index in [1.165, 1.54) is 13.0 Å². The van der Waals surface area contributed by atoms with Crippen LogP contribution in [0.1, 0.15) is 5.56 Å². The molecule has 1 heterocycles. The zero-order valence-electron chi connectivity index (χ0n) is 10.8. The number of nitrogens with zero attached hydrogens (tertiary/aromatic N) is 1. The minimum Gasteiger partial charge on any atom is -0.480 e. The molecule has 0 aliphatic carbocycles. The fourth-order valence-corrected chi connectivity index (χ4v) is 3.81. The van der Waals surface area contributed by atoms with E-state index in [1.54, 1.807) is 0 Å². The summed E-state index contributed by atoms with van der Waals surface area (Å²) in [5.41, 5.74) is 0.301. The summed E-state index contributed by atoms with van der Waals surface area (Å²) in [7, 11) is -3.81. The maximum absolute atomic E-state index is 13.0. The lowest BCUT2D eigenvalue weighted by atomic mass is 10.2. The number of carboxylic acids is 1. The van der Waals surface area contributed by atoms with E-state index in [0.717, 1.165) is 16.4 Å². The number of hydrogen-bond acceptors (Lipinski definition) is 4. The van der Waals surface area contributed by atoms with Crippen molar-refractivity contribution >= 4 is 16.0 Å². The van der Waals surface area contributed by atoms with Gasteiger partial charge in [-0.15, -0.1) is 0 Å². The first-order chi connectivity index (χ1) is 9.32. The molecule has 2 N–H and O–H groups in total. The summed E-state index contributed by atoms with van der Waals surface area (Å²) >= 11 is 0. The summed E-state index contributed by atoms with van der Waals surface area (Å²) in [6, 6.07) is 2.50. The Labute approximate surface area is 116 Å². The van der Waals surface area contributed by atoms with Gasteiger partial charge in [-0.25, -0.2) is 12.8 Å². The van der Waals surface area contributed by atoms with Crippen molar-refractivity contribution in [3.63, 3.8) is 0 Å². The van der Waals surface area contributed by atoms with E-state index < -0.39 is 27.9 Å². The van der Waals surface area contributed by atoms with Crippen LogP contribution in [0.2, 0.25) is 0 Å². The normalized spacial score (nSPS) is 20.8. The maximum atomic E-state index is 13.0. The van der Waals surface area contributed by atoms with Crippen LogP contribution in [-0.2, 0) is 14.8 Å². The SMILES string of the molecule is Cc1cc(F)ccc1S(=O)(=O)N1CCN[C@H](C(=O)O)C1. The fraction of sp³-hybridized carbons (Fsp3) is 0.417. The van der Waals surface area contributed by atoms with E-state index in [1.807, 2.05) is 0 Å². The number of sulfonamides is 1. The molecule has 1 atom stereocenters. The Morgan fingerprint density at radius 2 is 2.20 bits per heavy atom. The van der Waals surface area contributed by atoms with Crippen molar-refractivity contribution in [3.05, 3.63) is 29.6 Å². The van der Waals surface area contributed by atoms with Crippen molar-refractivity contribution in [3.8, 4) is 0 Å². The molecule has 0 unspecified atom stereocenters. The summed E-state index contributed by atoms with van der Waals surface area (Å²) < 4.78 is 39.1. The van der Waals surface area contributed by atoms with Gasteiger partial charge >= 0.3 is 5.97 Å². The van der Waals surface area contributed by atoms with Gasteiger partial charge in [-0.1, -0.05) is 0 Å². The monoisotopic (exact) mass is 302 g/mol. The number of halogens is 1. The van der Waals surface area contributed by atoms with Gasteiger partial charge in [0.05, 0.1) is 4.90 Å². The molecule has 2 rings (SSSR count). The molecule has 0 radical (unpaired) electrons. The zero-order valence-corrected chi connectivity index (χ0v) is 11.7.